The summed E-state index contributed by atoms with van der Waals surface area (Å²) in [6.45, 7) is 4.56. The van der Waals surface area contributed by atoms with Gasteiger partial charge in [0.1, 0.15) is 4.64 Å². The van der Waals surface area contributed by atoms with E-state index in [1.54, 1.807) is 0 Å². The van der Waals surface area contributed by atoms with Crippen LogP contribution in [-0.4, -0.2) is 11.6 Å². The van der Waals surface area contributed by atoms with Crippen molar-refractivity contribution in [2.45, 2.75) is 13.8 Å². The average Bonchev–Trinajstić information content (AvgIpc) is 1.95. The van der Waals surface area contributed by atoms with E-state index in [-0.39, 0.29) is 0 Å². The van der Waals surface area contributed by atoms with Gasteiger partial charge in [-0.3, -0.25) is 0 Å². The number of aryl methyl sites for hydroxylation is 1. The minimum absolute atomic E-state index is 0.653. The first-order valence-corrected chi connectivity index (χ1v) is 3.97. The average molecular weight is 169 g/mol. The van der Waals surface area contributed by atoms with Gasteiger partial charge in [-0.05, 0) is 26.0 Å². The predicted octanol–water partition coefficient (Wildman–Crippen LogP) is 2.45. The minimum Gasteiger partial charge on any atom is -0.491 e. The van der Waals surface area contributed by atoms with Crippen LogP contribution in [0.3, 0.4) is 0 Å². The van der Waals surface area contributed by atoms with E-state index in [1.807, 2.05) is 26.0 Å². The van der Waals surface area contributed by atoms with Crippen LogP contribution < -0.4 is 4.74 Å². The molecule has 0 aromatic carbocycles. The van der Waals surface area contributed by atoms with E-state index in [0.717, 1.165) is 11.4 Å². The van der Waals surface area contributed by atoms with Gasteiger partial charge in [-0.25, -0.2) is 0 Å². The van der Waals surface area contributed by atoms with E-state index in [1.165, 1.54) is 0 Å². The highest BCUT2D eigenvalue weighted by molar-refractivity contribution is 7.71. The molecule has 0 aliphatic heterocycles. The van der Waals surface area contributed by atoms with E-state index >= 15 is 0 Å². The second kappa shape index (κ2) is 3.53. The van der Waals surface area contributed by atoms with Crippen molar-refractivity contribution < 1.29 is 4.74 Å². The maximum Gasteiger partial charge on any atom is 0.153 e. The monoisotopic (exact) mass is 169 g/mol. The molecular formula is C8H11NOS. The van der Waals surface area contributed by atoms with Gasteiger partial charge in [0.25, 0.3) is 0 Å². The molecule has 0 saturated carbocycles. The molecule has 0 amide bonds. The van der Waals surface area contributed by atoms with Crippen molar-refractivity contribution in [1.82, 2.24) is 4.98 Å². The van der Waals surface area contributed by atoms with Gasteiger partial charge >= 0.3 is 0 Å². The number of aromatic nitrogens is 1. The maximum atomic E-state index is 5.26. The van der Waals surface area contributed by atoms with Gasteiger partial charge in [-0.2, -0.15) is 0 Å². The molecule has 0 aliphatic rings. The number of rotatable bonds is 2. The van der Waals surface area contributed by atoms with Crippen molar-refractivity contribution in [3.63, 3.8) is 0 Å². The van der Waals surface area contributed by atoms with Gasteiger partial charge in [-0.1, -0.05) is 12.2 Å². The topological polar surface area (TPSA) is 25.0 Å². The molecule has 3 heteroatoms. The molecule has 0 fully saturated rings. The van der Waals surface area contributed by atoms with Crippen LogP contribution in [0.15, 0.2) is 12.1 Å². The van der Waals surface area contributed by atoms with Crippen molar-refractivity contribution >= 4 is 12.2 Å². The van der Waals surface area contributed by atoms with Crippen molar-refractivity contribution in [3.8, 4) is 5.75 Å². The SMILES string of the molecule is CCOc1ccc(C)[nH]c1=S. The zero-order valence-electron chi connectivity index (χ0n) is 6.68. The molecule has 0 radical (unpaired) electrons. The van der Waals surface area contributed by atoms with Crippen molar-refractivity contribution in [1.29, 1.82) is 0 Å². The molecule has 60 valence electrons. The Bertz CT molecular complexity index is 292. The van der Waals surface area contributed by atoms with Crippen LogP contribution in [0.4, 0.5) is 0 Å². The summed E-state index contributed by atoms with van der Waals surface area (Å²) in [6, 6.07) is 3.83. The highest BCUT2D eigenvalue weighted by Crippen LogP contribution is 2.11. The van der Waals surface area contributed by atoms with Crippen LogP contribution in [0.2, 0.25) is 0 Å². The predicted molar refractivity (Wildman–Crippen MR) is 47.5 cm³/mol. The molecule has 1 N–H and O–H groups in total. The van der Waals surface area contributed by atoms with Crippen LogP contribution in [0.5, 0.6) is 5.75 Å². The number of aromatic amines is 1. The summed E-state index contributed by atoms with van der Waals surface area (Å²) in [7, 11) is 0. The third-order valence-corrected chi connectivity index (χ3v) is 1.62. The molecule has 2 nitrogen and oxygen atoms in total. The molecule has 0 bridgehead atoms. The van der Waals surface area contributed by atoms with Crippen LogP contribution in [0, 0.1) is 11.6 Å². The summed E-state index contributed by atoms with van der Waals surface area (Å²) in [5.41, 5.74) is 1.05. The van der Waals surface area contributed by atoms with Gasteiger partial charge < -0.3 is 9.72 Å². The quantitative estimate of drug-likeness (QED) is 0.688. The molecule has 0 spiro atoms. The lowest BCUT2D eigenvalue weighted by Crippen LogP contribution is -1.93. The number of pyridine rings is 1. The zero-order chi connectivity index (χ0) is 8.27. The second-order valence-electron chi connectivity index (χ2n) is 2.27. The fourth-order valence-corrected chi connectivity index (χ4v) is 1.12. The number of H-pyrrole nitrogens is 1. The largest absolute Gasteiger partial charge is 0.491 e. The Kier molecular flexibility index (Phi) is 2.65. The van der Waals surface area contributed by atoms with Crippen molar-refractivity contribution in [3.05, 3.63) is 22.5 Å². The number of hydrogen-bond acceptors (Lipinski definition) is 2. The molecule has 11 heavy (non-hydrogen) atoms. The molecule has 1 rings (SSSR count). The third kappa shape index (κ3) is 2.05. The van der Waals surface area contributed by atoms with E-state index in [9.17, 15) is 0 Å². The molecule has 0 saturated heterocycles. The first-order chi connectivity index (χ1) is 5.24. The van der Waals surface area contributed by atoms with Gasteiger partial charge in [0, 0.05) is 5.69 Å². The summed E-state index contributed by atoms with van der Waals surface area (Å²) >= 11 is 5.02. The molecule has 1 aromatic rings. The van der Waals surface area contributed by atoms with Crippen LogP contribution in [0.1, 0.15) is 12.6 Å². The molecule has 0 unspecified atom stereocenters. The first kappa shape index (κ1) is 8.27. The highest BCUT2D eigenvalue weighted by atomic mass is 32.1. The fraction of sp³-hybridized carbons (Fsp3) is 0.375. The summed E-state index contributed by atoms with van der Waals surface area (Å²) in [5.74, 6) is 0.758. The molecular weight excluding hydrogens is 158 g/mol. The number of hydrogen-bond donors (Lipinski definition) is 1. The summed E-state index contributed by atoms with van der Waals surface area (Å²) in [4.78, 5) is 3.01. The molecule has 0 atom stereocenters. The Labute approximate surface area is 71.2 Å². The lowest BCUT2D eigenvalue weighted by molar-refractivity contribution is 0.337. The van der Waals surface area contributed by atoms with E-state index in [2.05, 4.69) is 4.98 Å². The molecule has 1 heterocycles. The van der Waals surface area contributed by atoms with Crippen LogP contribution in [0.25, 0.3) is 0 Å². The van der Waals surface area contributed by atoms with Gasteiger partial charge in [-0.15, -0.1) is 0 Å². The molecule has 1 aromatic heterocycles. The fourth-order valence-electron chi connectivity index (χ4n) is 0.828. The highest BCUT2D eigenvalue weighted by Gasteiger charge is 1.93. The summed E-state index contributed by atoms with van der Waals surface area (Å²) < 4.78 is 5.93. The first-order valence-electron chi connectivity index (χ1n) is 3.56. The van der Waals surface area contributed by atoms with E-state index in [0.29, 0.717) is 11.2 Å². The minimum atomic E-state index is 0.653. The lowest BCUT2D eigenvalue weighted by atomic mass is 10.4. The van der Waals surface area contributed by atoms with Crippen molar-refractivity contribution in [2.24, 2.45) is 0 Å². The van der Waals surface area contributed by atoms with Gasteiger partial charge in [0.2, 0.25) is 0 Å². The smallest absolute Gasteiger partial charge is 0.153 e. The summed E-state index contributed by atoms with van der Waals surface area (Å²) in [6.07, 6.45) is 0. The Hall–Kier alpha value is -0.830. The van der Waals surface area contributed by atoms with Gasteiger partial charge in [0.15, 0.2) is 5.75 Å². The van der Waals surface area contributed by atoms with E-state index in [4.69, 9.17) is 17.0 Å². The second-order valence-corrected chi connectivity index (χ2v) is 2.68. The normalized spacial score (nSPS) is 9.64. The van der Waals surface area contributed by atoms with E-state index < -0.39 is 0 Å². The lowest BCUT2D eigenvalue weighted by Gasteiger charge is -2.02. The van der Waals surface area contributed by atoms with Crippen molar-refractivity contribution in [2.75, 3.05) is 6.61 Å². The Morgan fingerprint density at radius 3 is 2.82 bits per heavy atom. The number of nitrogens with one attached hydrogen (secondary N) is 1. The Morgan fingerprint density at radius 1 is 1.55 bits per heavy atom. The standard InChI is InChI=1S/C8H11NOS/c1-3-10-7-5-4-6(2)9-8(7)11/h4-5H,3H2,1-2H3,(H,9,11). The van der Waals surface area contributed by atoms with Gasteiger partial charge in [0.05, 0.1) is 6.61 Å². The zero-order valence-corrected chi connectivity index (χ0v) is 7.49. The Morgan fingerprint density at radius 2 is 2.27 bits per heavy atom. The van der Waals surface area contributed by atoms with Crippen LogP contribution >= 0.6 is 12.2 Å². The third-order valence-electron chi connectivity index (χ3n) is 1.32. The number of ether oxygens (including phenoxy) is 1. The van der Waals surface area contributed by atoms with Crippen LogP contribution in [-0.2, 0) is 0 Å². The Balaban J connectivity index is 3.00. The summed E-state index contributed by atoms with van der Waals surface area (Å²) in [5, 5.41) is 0. The molecule has 0 aliphatic carbocycles. The maximum absolute atomic E-state index is 5.26.